The highest BCUT2D eigenvalue weighted by Gasteiger charge is 2.17. The van der Waals surface area contributed by atoms with Crippen LogP contribution in [0.1, 0.15) is 24.1 Å². The highest BCUT2D eigenvalue weighted by molar-refractivity contribution is 14.1. The Hall–Kier alpha value is -1.27. The average Bonchev–Trinajstić information content (AvgIpc) is 2.94. The highest BCUT2D eigenvalue weighted by Crippen LogP contribution is 2.35. The smallest absolute Gasteiger partial charge is 0.231 e. The van der Waals surface area contributed by atoms with Crippen LogP contribution >= 0.6 is 22.6 Å². The van der Waals surface area contributed by atoms with Gasteiger partial charge in [0.1, 0.15) is 0 Å². The van der Waals surface area contributed by atoms with Crippen LogP contribution in [-0.4, -0.2) is 6.79 Å². The maximum Gasteiger partial charge on any atom is 0.231 e. The van der Waals surface area contributed by atoms with E-state index in [-0.39, 0.29) is 0 Å². The largest absolute Gasteiger partial charge is 0.454 e. The third-order valence-electron chi connectivity index (χ3n) is 3.45. The zero-order valence-corrected chi connectivity index (χ0v) is 13.4. The lowest BCUT2D eigenvalue weighted by atomic mass is 10.1. The first kappa shape index (κ1) is 13.7. The molecule has 3 nitrogen and oxygen atoms in total. The Balaban J connectivity index is 1.68. The van der Waals surface area contributed by atoms with Gasteiger partial charge >= 0.3 is 0 Å². The van der Waals surface area contributed by atoms with Crippen molar-refractivity contribution in [2.24, 2.45) is 0 Å². The first-order valence-corrected chi connectivity index (χ1v) is 7.68. The minimum absolute atomic E-state index is 0.296. The van der Waals surface area contributed by atoms with Crippen LogP contribution in [0.4, 0.5) is 0 Å². The Morgan fingerprint density at radius 1 is 1.15 bits per heavy atom. The summed E-state index contributed by atoms with van der Waals surface area (Å²) in [7, 11) is 0. The fraction of sp³-hybridized carbons (Fsp3) is 0.250. The second-order valence-electron chi connectivity index (χ2n) is 4.81. The van der Waals surface area contributed by atoms with Crippen molar-refractivity contribution < 1.29 is 9.47 Å². The van der Waals surface area contributed by atoms with E-state index in [0.717, 1.165) is 23.6 Å². The first-order chi connectivity index (χ1) is 9.74. The Bertz CT molecular complexity index is 598. The number of halogens is 1. The summed E-state index contributed by atoms with van der Waals surface area (Å²) in [4.78, 5) is 0. The summed E-state index contributed by atoms with van der Waals surface area (Å²) >= 11 is 2.32. The average molecular weight is 381 g/mol. The van der Waals surface area contributed by atoms with Crippen molar-refractivity contribution in [1.29, 1.82) is 0 Å². The van der Waals surface area contributed by atoms with Crippen molar-refractivity contribution in [2.75, 3.05) is 6.79 Å². The molecule has 1 N–H and O–H groups in total. The Kier molecular flexibility index (Phi) is 4.12. The summed E-state index contributed by atoms with van der Waals surface area (Å²) in [5.41, 5.74) is 2.42. The van der Waals surface area contributed by atoms with Gasteiger partial charge in [0, 0.05) is 21.7 Å². The third-order valence-corrected chi connectivity index (χ3v) is 4.17. The quantitative estimate of drug-likeness (QED) is 0.816. The molecule has 0 aromatic heterocycles. The van der Waals surface area contributed by atoms with E-state index < -0.39 is 0 Å². The molecule has 104 valence electrons. The van der Waals surface area contributed by atoms with Crippen LogP contribution in [0.2, 0.25) is 0 Å². The van der Waals surface area contributed by atoms with Crippen LogP contribution in [0.3, 0.4) is 0 Å². The molecule has 0 saturated carbocycles. The maximum atomic E-state index is 5.52. The number of ether oxygens (including phenoxy) is 2. The molecule has 0 aliphatic carbocycles. The topological polar surface area (TPSA) is 30.5 Å². The van der Waals surface area contributed by atoms with Gasteiger partial charge in [0.2, 0.25) is 6.79 Å². The number of benzene rings is 2. The normalized spacial score (nSPS) is 14.3. The molecule has 1 unspecified atom stereocenters. The molecular weight excluding hydrogens is 365 g/mol. The molecule has 0 spiro atoms. The van der Waals surface area contributed by atoms with Crippen molar-refractivity contribution in [2.45, 2.75) is 19.5 Å². The SMILES string of the molecule is CC(NCc1cccc2c1OCO2)c1ccc(I)cc1. The van der Waals surface area contributed by atoms with Gasteiger partial charge in [-0.25, -0.2) is 0 Å². The van der Waals surface area contributed by atoms with Crippen molar-refractivity contribution in [3.63, 3.8) is 0 Å². The molecule has 1 aliphatic rings. The number of hydrogen-bond acceptors (Lipinski definition) is 3. The van der Waals surface area contributed by atoms with E-state index in [2.05, 4.69) is 65.2 Å². The van der Waals surface area contributed by atoms with E-state index in [1.54, 1.807) is 0 Å². The first-order valence-electron chi connectivity index (χ1n) is 6.60. The predicted octanol–water partition coefficient (Wildman–Crippen LogP) is 3.87. The van der Waals surface area contributed by atoms with E-state index in [9.17, 15) is 0 Å². The Morgan fingerprint density at radius 2 is 1.95 bits per heavy atom. The van der Waals surface area contributed by atoms with Gasteiger partial charge in [-0.15, -0.1) is 0 Å². The molecule has 20 heavy (non-hydrogen) atoms. The molecule has 0 fully saturated rings. The second kappa shape index (κ2) is 6.01. The Morgan fingerprint density at radius 3 is 2.75 bits per heavy atom. The molecule has 0 radical (unpaired) electrons. The summed E-state index contributed by atoms with van der Waals surface area (Å²) in [6.45, 7) is 3.25. The molecule has 0 saturated heterocycles. The van der Waals surface area contributed by atoms with Gasteiger partial charge in [0.05, 0.1) is 0 Å². The van der Waals surface area contributed by atoms with Crippen LogP contribution in [-0.2, 0) is 6.54 Å². The lowest BCUT2D eigenvalue weighted by molar-refractivity contribution is 0.173. The fourth-order valence-corrected chi connectivity index (χ4v) is 2.62. The van der Waals surface area contributed by atoms with Gasteiger partial charge in [-0.3, -0.25) is 0 Å². The molecule has 4 heteroatoms. The van der Waals surface area contributed by atoms with Gasteiger partial charge in [-0.2, -0.15) is 0 Å². The van der Waals surface area contributed by atoms with Crippen LogP contribution < -0.4 is 14.8 Å². The number of nitrogens with one attached hydrogen (secondary N) is 1. The van der Waals surface area contributed by atoms with E-state index in [1.165, 1.54) is 9.13 Å². The molecule has 1 aliphatic heterocycles. The number of fused-ring (bicyclic) bond motifs is 1. The molecule has 2 aromatic carbocycles. The van der Waals surface area contributed by atoms with Gasteiger partial charge in [-0.1, -0.05) is 24.3 Å². The molecule has 3 rings (SSSR count). The lowest BCUT2D eigenvalue weighted by Gasteiger charge is -2.15. The van der Waals surface area contributed by atoms with Crippen molar-refractivity contribution >= 4 is 22.6 Å². The predicted molar refractivity (Wildman–Crippen MR) is 87.0 cm³/mol. The van der Waals surface area contributed by atoms with Crippen molar-refractivity contribution in [3.05, 3.63) is 57.2 Å². The molecule has 1 atom stereocenters. The van der Waals surface area contributed by atoms with E-state index in [4.69, 9.17) is 9.47 Å². The van der Waals surface area contributed by atoms with Crippen LogP contribution in [0.25, 0.3) is 0 Å². The fourth-order valence-electron chi connectivity index (χ4n) is 2.26. The van der Waals surface area contributed by atoms with E-state index in [1.807, 2.05) is 12.1 Å². The minimum atomic E-state index is 0.296. The van der Waals surface area contributed by atoms with Gasteiger partial charge in [0.15, 0.2) is 11.5 Å². The molecule has 0 amide bonds. The summed E-state index contributed by atoms with van der Waals surface area (Å²) in [5, 5.41) is 3.53. The van der Waals surface area contributed by atoms with Crippen LogP contribution in [0, 0.1) is 3.57 Å². The summed E-state index contributed by atoms with van der Waals surface area (Å²) in [6.07, 6.45) is 0. The molecule has 1 heterocycles. The maximum absolute atomic E-state index is 5.52. The lowest BCUT2D eigenvalue weighted by Crippen LogP contribution is -2.18. The Labute approximate surface area is 132 Å². The third kappa shape index (κ3) is 2.91. The number of rotatable bonds is 4. The number of hydrogen-bond donors (Lipinski definition) is 1. The zero-order chi connectivity index (χ0) is 13.9. The zero-order valence-electron chi connectivity index (χ0n) is 11.2. The molecule has 0 bridgehead atoms. The summed E-state index contributed by atoms with van der Waals surface area (Å²) in [5.74, 6) is 1.71. The molecule has 2 aromatic rings. The summed E-state index contributed by atoms with van der Waals surface area (Å²) < 4.78 is 12.2. The van der Waals surface area contributed by atoms with Crippen LogP contribution in [0.5, 0.6) is 11.5 Å². The number of para-hydroxylation sites is 1. The van der Waals surface area contributed by atoms with Gasteiger partial charge in [0.25, 0.3) is 0 Å². The van der Waals surface area contributed by atoms with Crippen molar-refractivity contribution in [3.8, 4) is 11.5 Å². The second-order valence-corrected chi connectivity index (χ2v) is 6.05. The monoisotopic (exact) mass is 381 g/mol. The van der Waals surface area contributed by atoms with E-state index >= 15 is 0 Å². The van der Waals surface area contributed by atoms with Gasteiger partial charge in [-0.05, 0) is 53.3 Å². The molecular formula is C16H16INO2. The minimum Gasteiger partial charge on any atom is -0.454 e. The van der Waals surface area contributed by atoms with Crippen molar-refractivity contribution in [1.82, 2.24) is 5.32 Å². The van der Waals surface area contributed by atoms with Crippen LogP contribution in [0.15, 0.2) is 42.5 Å². The standard InChI is InChI=1S/C16H16INO2/c1-11(12-5-7-14(17)8-6-12)18-9-13-3-2-4-15-16(13)20-10-19-15/h2-8,11,18H,9-10H2,1H3. The highest BCUT2D eigenvalue weighted by atomic mass is 127. The van der Waals surface area contributed by atoms with E-state index in [0.29, 0.717) is 12.8 Å². The van der Waals surface area contributed by atoms with Gasteiger partial charge < -0.3 is 14.8 Å². The summed E-state index contributed by atoms with van der Waals surface area (Å²) in [6, 6.07) is 14.9.